The van der Waals surface area contributed by atoms with Gasteiger partial charge in [0.25, 0.3) is 5.91 Å². The number of piperidine rings is 1. The molecule has 1 fully saturated rings. The van der Waals surface area contributed by atoms with Crippen molar-refractivity contribution in [3.8, 4) is 11.3 Å². The summed E-state index contributed by atoms with van der Waals surface area (Å²) >= 11 is 13.6. The predicted octanol–water partition coefficient (Wildman–Crippen LogP) is 5.34. The number of benzene rings is 1. The molecule has 1 aromatic carbocycles. The van der Waals surface area contributed by atoms with Gasteiger partial charge in [-0.2, -0.15) is 0 Å². The highest BCUT2D eigenvalue weighted by atomic mass is 35.5. The fourth-order valence-corrected chi connectivity index (χ4v) is 4.43. The molecule has 0 spiro atoms. The highest BCUT2D eigenvalue weighted by Gasteiger charge is 2.34. The average molecular weight is 450 g/mol. The third kappa shape index (κ3) is 4.32. The molecule has 4 rings (SSSR count). The lowest BCUT2D eigenvalue weighted by molar-refractivity contribution is -0.121. The summed E-state index contributed by atoms with van der Waals surface area (Å²) in [4.78, 5) is 31.6. The van der Waals surface area contributed by atoms with Crippen molar-refractivity contribution in [2.75, 3.05) is 11.9 Å². The second kappa shape index (κ2) is 8.57. The van der Waals surface area contributed by atoms with Crippen molar-refractivity contribution in [3.63, 3.8) is 0 Å². The molecular formula is C20H17Cl2N3O3S. The van der Waals surface area contributed by atoms with Gasteiger partial charge in [-0.15, -0.1) is 11.3 Å². The normalized spacial score (nSPS) is 16.6. The van der Waals surface area contributed by atoms with Gasteiger partial charge in [0.2, 0.25) is 5.91 Å². The molecule has 2 aromatic heterocycles. The zero-order valence-corrected chi connectivity index (χ0v) is 17.6. The van der Waals surface area contributed by atoms with Crippen LogP contribution in [0.25, 0.3) is 11.3 Å². The Labute approximate surface area is 181 Å². The third-order valence-corrected chi connectivity index (χ3v) is 6.06. The first-order valence-corrected chi connectivity index (χ1v) is 10.7. The number of aromatic nitrogens is 1. The Morgan fingerprint density at radius 3 is 2.90 bits per heavy atom. The van der Waals surface area contributed by atoms with Crippen molar-refractivity contribution in [2.45, 2.75) is 25.3 Å². The maximum absolute atomic E-state index is 12.9. The van der Waals surface area contributed by atoms with Crippen molar-refractivity contribution in [1.82, 2.24) is 9.88 Å². The van der Waals surface area contributed by atoms with Gasteiger partial charge < -0.3 is 14.6 Å². The minimum absolute atomic E-state index is 0.233. The maximum atomic E-state index is 12.9. The van der Waals surface area contributed by atoms with Crippen LogP contribution in [0.15, 0.2) is 46.4 Å². The minimum atomic E-state index is -0.566. The van der Waals surface area contributed by atoms with Crippen LogP contribution in [-0.4, -0.2) is 34.3 Å². The number of likely N-dealkylation sites (tertiary alicyclic amines) is 1. The SMILES string of the molecule is O=C(Nc1nc(-c2cc(Cl)ccc2Cl)cs1)C1CCCCN1C(=O)c1ccco1. The quantitative estimate of drug-likeness (QED) is 0.582. The number of hydrogen-bond donors (Lipinski definition) is 1. The molecule has 0 saturated carbocycles. The molecule has 0 radical (unpaired) electrons. The van der Waals surface area contributed by atoms with E-state index in [2.05, 4.69) is 10.3 Å². The Bertz CT molecular complexity index is 1040. The van der Waals surface area contributed by atoms with Crippen molar-refractivity contribution < 1.29 is 14.0 Å². The molecular weight excluding hydrogens is 433 g/mol. The summed E-state index contributed by atoms with van der Waals surface area (Å²) < 4.78 is 5.21. The highest BCUT2D eigenvalue weighted by Crippen LogP contribution is 2.33. The molecule has 3 aromatic rings. The van der Waals surface area contributed by atoms with Crippen LogP contribution in [-0.2, 0) is 4.79 Å². The molecule has 9 heteroatoms. The largest absolute Gasteiger partial charge is 0.459 e. The first kappa shape index (κ1) is 19.9. The van der Waals surface area contributed by atoms with Gasteiger partial charge in [0.05, 0.1) is 17.0 Å². The molecule has 0 aliphatic carbocycles. The van der Waals surface area contributed by atoms with Gasteiger partial charge in [-0.05, 0) is 49.6 Å². The number of carbonyl (C=O) groups is 2. The van der Waals surface area contributed by atoms with Crippen LogP contribution in [0.3, 0.4) is 0 Å². The molecule has 150 valence electrons. The smallest absolute Gasteiger partial charge is 0.290 e. The summed E-state index contributed by atoms with van der Waals surface area (Å²) in [5, 5.41) is 6.16. The lowest BCUT2D eigenvalue weighted by Crippen LogP contribution is -2.49. The van der Waals surface area contributed by atoms with Crippen molar-refractivity contribution in [2.24, 2.45) is 0 Å². The summed E-state index contributed by atoms with van der Waals surface area (Å²) in [5.41, 5.74) is 1.33. The molecule has 1 N–H and O–H groups in total. The number of nitrogens with zero attached hydrogens (tertiary/aromatic N) is 2. The maximum Gasteiger partial charge on any atom is 0.290 e. The Balaban J connectivity index is 1.50. The van der Waals surface area contributed by atoms with E-state index >= 15 is 0 Å². The van der Waals surface area contributed by atoms with E-state index in [1.807, 2.05) is 0 Å². The van der Waals surface area contributed by atoms with Crippen LogP contribution in [0, 0.1) is 0 Å². The minimum Gasteiger partial charge on any atom is -0.459 e. The van der Waals surface area contributed by atoms with Crippen LogP contribution in [0.1, 0.15) is 29.8 Å². The standard InChI is InChI=1S/C20H17Cl2N3O3S/c21-12-6-7-14(22)13(10-12)15-11-29-20(23-15)24-18(26)16-4-1-2-8-25(16)19(27)17-5-3-9-28-17/h3,5-7,9-11,16H,1-2,4,8H2,(H,23,24,26). The van der Waals surface area contributed by atoms with E-state index in [-0.39, 0.29) is 17.6 Å². The first-order chi connectivity index (χ1) is 14.0. The second-order valence-electron chi connectivity index (χ2n) is 6.64. The zero-order chi connectivity index (χ0) is 20.4. The van der Waals surface area contributed by atoms with Gasteiger partial charge in [-0.25, -0.2) is 4.98 Å². The van der Waals surface area contributed by atoms with Gasteiger partial charge in [-0.1, -0.05) is 23.2 Å². The van der Waals surface area contributed by atoms with Crippen LogP contribution in [0.5, 0.6) is 0 Å². The molecule has 0 bridgehead atoms. The summed E-state index contributed by atoms with van der Waals surface area (Å²) in [6, 6.07) is 7.84. The van der Waals surface area contributed by atoms with Crippen LogP contribution >= 0.6 is 34.5 Å². The molecule has 2 amide bonds. The number of thiazole rings is 1. The monoisotopic (exact) mass is 449 g/mol. The Kier molecular flexibility index (Phi) is 5.89. The molecule has 1 saturated heterocycles. The van der Waals surface area contributed by atoms with E-state index in [1.165, 1.54) is 17.6 Å². The first-order valence-electron chi connectivity index (χ1n) is 9.09. The number of halogens is 2. The van der Waals surface area contributed by atoms with Gasteiger partial charge in [0.1, 0.15) is 6.04 Å². The highest BCUT2D eigenvalue weighted by molar-refractivity contribution is 7.14. The number of furan rings is 1. The Morgan fingerprint density at radius 1 is 1.24 bits per heavy atom. The molecule has 1 aliphatic rings. The predicted molar refractivity (Wildman–Crippen MR) is 114 cm³/mol. The Morgan fingerprint density at radius 2 is 2.10 bits per heavy atom. The van der Waals surface area contributed by atoms with Gasteiger partial charge in [-0.3, -0.25) is 9.59 Å². The lowest BCUT2D eigenvalue weighted by atomic mass is 10.0. The molecule has 1 unspecified atom stereocenters. The van der Waals surface area contributed by atoms with E-state index in [9.17, 15) is 9.59 Å². The lowest BCUT2D eigenvalue weighted by Gasteiger charge is -2.33. The van der Waals surface area contributed by atoms with Crippen LogP contribution in [0.2, 0.25) is 10.0 Å². The van der Waals surface area contributed by atoms with E-state index in [0.29, 0.717) is 39.4 Å². The van der Waals surface area contributed by atoms with Gasteiger partial charge >= 0.3 is 0 Å². The summed E-state index contributed by atoms with van der Waals surface area (Å²) in [6.07, 6.45) is 3.77. The molecule has 1 atom stereocenters. The molecule has 6 nitrogen and oxygen atoms in total. The number of hydrogen-bond acceptors (Lipinski definition) is 5. The number of anilines is 1. The molecule has 29 heavy (non-hydrogen) atoms. The van der Waals surface area contributed by atoms with E-state index in [4.69, 9.17) is 27.6 Å². The van der Waals surface area contributed by atoms with E-state index in [1.54, 1.807) is 40.6 Å². The number of amides is 2. The summed E-state index contributed by atoms with van der Waals surface area (Å²) in [6.45, 7) is 0.513. The number of nitrogens with one attached hydrogen (secondary N) is 1. The van der Waals surface area contributed by atoms with Crippen LogP contribution in [0.4, 0.5) is 5.13 Å². The molecule has 3 heterocycles. The van der Waals surface area contributed by atoms with Gasteiger partial charge in [0.15, 0.2) is 10.9 Å². The Hall–Kier alpha value is -2.35. The topological polar surface area (TPSA) is 75.4 Å². The van der Waals surface area contributed by atoms with Crippen molar-refractivity contribution in [3.05, 3.63) is 57.8 Å². The number of carbonyl (C=O) groups excluding carboxylic acids is 2. The van der Waals surface area contributed by atoms with E-state index in [0.717, 1.165) is 12.8 Å². The fourth-order valence-electron chi connectivity index (χ4n) is 3.33. The number of rotatable bonds is 4. The molecule has 1 aliphatic heterocycles. The fraction of sp³-hybridized carbons (Fsp3) is 0.250. The van der Waals surface area contributed by atoms with E-state index < -0.39 is 6.04 Å². The van der Waals surface area contributed by atoms with Gasteiger partial charge in [0, 0.05) is 22.5 Å². The zero-order valence-electron chi connectivity index (χ0n) is 15.2. The second-order valence-corrected chi connectivity index (χ2v) is 8.34. The summed E-state index contributed by atoms with van der Waals surface area (Å²) in [5.74, 6) is -0.306. The van der Waals surface area contributed by atoms with Crippen molar-refractivity contribution in [1.29, 1.82) is 0 Å². The van der Waals surface area contributed by atoms with Crippen molar-refractivity contribution >= 4 is 51.5 Å². The third-order valence-electron chi connectivity index (χ3n) is 4.74. The summed E-state index contributed by atoms with van der Waals surface area (Å²) in [7, 11) is 0. The van der Waals surface area contributed by atoms with Crippen LogP contribution < -0.4 is 5.32 Å². The average Bonchev–Trinajstić information content (AvgIpc) is 3.41.